The first-order valence-electron chi connectivity index (χ1n) is 3.98. The van der Waals surface area contributed by atoms with Crippen LogP contribution in [-0.2, 0) is 0 Å². The molecule has 0 aliphatic carbocycles. The van der Waals surface area contributed by atoms with Gasteiger partial charge in [0, 0.05) is 5.56 Å². The maximum atomic E-state index is 13.5. The fraction of sp³-hybridized carbons (Fsp3) is 0. The van der Waals surface area contributed by atoms with Gasteiger partial charge in [0.2, 0.25) is 0 Å². The molecule has 1 nitrogen and oxygen atoms in total. The minimum Gasteiger partial charge on any atom is -0.464 e. The molecule has 0 spiro atoms. The van der Waals surface area contributed by atoms with Crippen LogP contribution < -0.4 is 0 Å². The molecule has 0 bridgehead atoms. The van der Waals surface area contributed by atoms with Crippen LogP contribution in [0.2, 0.25) is 0 Å². The van der Waals surface area contributed by atoms with Crippen LogP contribution in [0.4, 0.5) is 8.78 Å². The summed E-state index contributed by atoms with van der Waals surface area (Å²) < 4.78 is 31.8. The summed E-state index contributed by atoms with van der Waals surface area (Å²) in [4.78, 5) is 0. The molecule has 0 N–H and O–H groups in total. The summed E-state index contributed by atoms with van der Waals surface area (Å²) in [5.74, 6) is -0.935. The summed E-state index contributed by atoms with van der Waals surface area (Å²) in [6.45, 7) is 0. The van der Waals surface area contributed by atoms with Crippen LogP contribution in [-0.4, -0.2) is 0 Å². The Hall–Kier alpha value is -0.680. The maximum absolute atomic E-state index is 13.5. The fourth-order valence-corrected chi connectivity index (χ4v) is 2.27. The topological polar surface area (TPSA) is 13.1 Å². The monoisotopic (exact) mass is 336 g/mol. The number of rotatable bonds is 1. The van der Waals surface area contributed by atoms with Gasteiger partial charge in [0.15, 0.2) is 5.82 Å². The Morgan fingerprint density at radius 3 is 2.47 bits per heavy atom. The zero-order valence-electron chi connectivity index (χ0n) is 7.23. The van der Waals surface area contributed by atoms with Crippen LogP contribution in [0.1, 0.15) is 0 Å². The average molecular weight is 338 g/mol. The molecule has 0 unspecified atom stereocenters. The van der Waals surface area contributed by atoms with Crippen LogP contribution in [0.15, 0.2) is 37.8 Å². The van der Waals surface area contributed by atoms with Gasteiger partial charge in [0.25, 0.3) is 0 Å². The Morgan fingerprint density at radius 1 is 1.13 bits per heavy atom. The van der Waals surface area contributed by atoms with E-state index in [1.165, 1.54) is 12.3 Å². The Morgan fingerprint density at radius 2 is 1.87 bits per heavy atom. The molecule has 0 aliphatic rings. The lowest BCUT2D eigenvalue weighted by Crippen LogP contribution is -1.89. The van der Waals surface area contributed by atoms with E-state index in [1.54, 1.807) is 12.1 Å². The first-order valence-corrected chi connectivity index (χ1v) is 5.56. The molecule has 1 aromatic heterocycles. The second kappa shape index (κ2) is 4.06. The normalized spacial score (nSPS) is 10.7. The van der Waals surface area contributed by atoms with Gasteiger partial charge in [-0.15, -0.1) is 0 Å². The molecule has 0 radical (unpaired) electrons. The zero-order valence-corrected chi connectivity index (χ0v) is 10.4. The van der Waals surface area contributed by atoms with E-state index in [9.17, 15) is 8.78 Å². The molecule has 0 amide bonds. The molecular formula is C10H4Br2F2O. The van der Waals surface area contributed by atoms with Gasteiger partial charge in [-0.1, -0.05) is 0 Å². The lowest BCUT2D eigenvalue weighted by Gasteiger charge is -2.05. The highest BCUT2D eigenvalue weighted by atomic mass is 79.9. The molecule has 0 fully saturated rings. The van der Waals surface area contributed by atoms with Gasteiger partial charge in [0.1, 0.15) is 11.6 Å². The third-order valence-electron chi connectivity index (χ3n) is 1.89. The molecule has 0 saturated carbocycles. The summed E-state index contributed by atoms with van der Waals surface area (Å²) in [5.41, 5.74) is 0.346. The predicted molar refractivity (Wildman–Crippen MR) is 59.5 cm³/mol. The standard InChI is InChI=1S/C10H4Br2F2O/c11-8-5(7-2-1-3-15-7)4-6(13)9(12)10(8)14/h1-4H. The highest BCUT2D eigenvalue weighted by molar-refractivity contribution is 9.11. The van der Waals surface area contributed by atoms with E-state index in [0.717, 1.165) is 0 Å². The lowest BCUT2D eigenvalue weighted by molar-refractivity contribution is 0.558. The molecule has 0 saturated heterocycles. The van der Waals surface area contributed by atoms with Crippen molar-refractivity contribution in [2.45, 2.75) is 0 Å². The van der Waals surface area contributed by atoms with E-state index in [2.05, 4.69) is 31.9 Å². The van der Waals surface area contributed by atoms with Crippen molar-refractivity contribution >= 4 is 31.9 Å². The van der Waals surface area contributed by atoms with E-state index in [-0.39, 0.29) is 8.95 Å². The van der Waals surface area contributed by atoms with Crippen molar-refractivity contribution in [3.8, 4) is 11.3 Å². The van der Waals surface area contributed by atoms with E-state index >= 15 is 0 Å². The second-order valence-electron chi connectivity index (χ2n) is 2.83. The van der Waals surface area contributed by atoms with Crippen molar-refractivity contribution in [1.82, 2.24) is 0 Å². The molecule has 2 aromatic rings. The fourth-order valence-electron chi connectivity index (χ4n) is 1.18. The van der Waals surface area contributed by atoms with Crippen LogP contribution in [0, 0.1) is 11.6 Å². The van der Waals surface area contributed by atoms with Crippen molar-refractivity contribution in [2.24, 2.45) is 0 Å². The molecule has 15 heavy (non-hydrogen) atoms. The summed E-state index contributed by atoms with van der Waals surface area (Å²) in [5, 5.41) is 0. The SMILES string of the molecule is Fc1cc(-c2ccco2)c(Br)c(F)c1Br. The molecule has 1 heterocycles. The summed E-state index contributed by atoms with van der Waals surface area (Å²) in [6.07, 6.45) is 1.44. The van der Waals surface area contributed by atoms with Gasteiger partial charge in [-0.2, -0.15) is 0 Å². The number of furan rings is 1. The van der Waals surface area contributed by atoms with E-state index < -0.39 is 11.6 Å². The van der Waals surface area contributed by atoms with Crippen molar-refractivity contribution in [1.29, 1.82) is 0 Å². The Kier molecular flexibility index (Phi) is 2.93. The Balaban J connectivity index is 2.69. The van der Waals surface area contributed by atoms with Crippen molar-refractivity contribution < 1.29 is 13.2 Å². The van der Waals surface area contributed by atoms with Gasteiger partial charge in [-0.3, -0.25) is 0 Å². The Bertz CT molecular complexity index is 495. The third kappa shape index (κ3) is 1.86. The Labute approximate surface area is 101 Å². The first-order chi connectivity index (χ1) is 7.11. The van der Waals surface area contributed by atoms with Crippen LogP contribution in [0.3, 0.4) is 0 Å². The first kappa shape index (κ1) is 10.8. The van der Waals surface area contributed by atoms with Crippen molar-refractivity contribution in [3.05, 3.63) is 45.0 Å². The third-order valence-corrected chi connectivity index (χ3v) is 3.39. The van der Waals surface area contributed by atoms with Gasteiger partial charge >= 0.3 is 0 Å². The predicted octanol–water partition coefficient (Wildman–Crippen LogP) is 4.75. The maximum Gasteiger partial charge on any atom is 0.155 e. The highest BCUT2D eigenvalue weighted by Crippen LogP contribution is 2.35. The van der Waals surface area contributed by atoms with Gasteiger partial charge in [-0.05, 0) is 50.1 Å². The van der Waals surface area contributed by atoms with Crippen molar-refractivity contribution in [2.75, 3.05) is 0 Å². The largest absolute Gasteiger partial charge is 0.464 e. The minimum absolute atomic E-state index is 0.172. The van der Waals surface area contributed by atoms with Gasteiger partial charge in [0.05, 0.1) is 15.2 Å². The summed E-state index contributed by atoms with van der Waals surface area (Å²) in [7, 11) is 0. The molecule has 1 aromatic carbocycles. The summed E-state index contributed by atoms with van der Waals surface area (Å²) >= 11 is 5.87. The average Bonchev–Trinajstić information content (AvgIpc) is 2.73. The van der Waals surface area contributed by atoms with Crippen LogP contribution in [0.5, 0.6) is 0 Å². The number of hydrogen-bond donors (Lipinski definition) is 0. The van der Waals surface area contributed by atoms with Crippen molar-refractivity contribution in [3.63, 3.8) is 0 Å². The minimum atomic E-state index is -0.679. The smallest absolute Gasteiger partial charge is 0.155 e. The number of benzene rings is 1. The molecule has 0 aliphatic heterocycles. The van der Waals surface area contributed by atoms with E-state index in [4.69, 9.17) is 4.42 Å². The quantitative estimate of drug-likeness (QED) is 0.540. The van der Waals surface area contributed by atoms with Crippen LogP contribution in [0.25, 0.3) is 11.3 Å². The van der Waals surface area contributed by atoms with Crippen LogP contribution >= 0.6 is 31.9 Å². The molecule has 78 valence electrons. The molecular weight excluding hydrogens is 334 g/mol. The zero-order chi connectivity index (χ0) is 11.0. The van der Waals surface area contributed by atoms with E-state index in [0.29, 0.717) is 11.3 Å². The molecule has 2 rings (SSSR count). The van der Waals surface area contributed by atoms with E-state index in [1.807, 2.05) is 0 Å². The summed E-state index contributed by atoms with van der Waals surface area (Å²) in [6, 6.07) is 4.49. The highest BCUT2D eigenvalue weighted by Gasteiger charge is 2.17. The molecule has 0 atom stereocenters. The van der Waals surface area contributed by atoms with Gasteiger partial charge < -0.3 is 4.42 Å². The molecule has 5 heteroatoms. The van der Waals surface area contributed by atoms with Gasteiger partial charge in [-0.25, -0.2) is 8.78 Å². The number of hydrogen-bond acceptors (Lipinski definition) is 1. The lowest BCUT2D eigenvalue weighted by atomic mass is 10.1. The number of halogens is 4. The second-order valence-corrected chi connectivity index (χ2v) is 4.41.